The van der Waals surface area contributed by atoms with Gasteiger partial charge in [0.15, 0.2) is 0 Å². The van der Waals surface area contributed by atoms with E-state index in [0.29, 0.717) is 17.9 Å². The molecule has 0 radical (unpaired) electrons. The van der Waals surface area contributed by atoms with Crippen LogP contribution in [0.5, 0.6) is 0 Å². The van der Waals surface area contributed by atoms with E-state index >= 15 is 0 Å². The van der Waals surface area contributed by atoms with Crippen molar-refractivity contribution in [3.63, 3.8) is 0 Å². The van der Waals surface area contributed by atoms with Crippen molar-refractivity contribution >= 4 is 21.4 Å². The van der Waals surface area contributed by atoms with Gasteiger partial charge in [0.1, 0.15) is 0 Å². The van der Waals surface area contributed by atoms with E-state index in [1.165, 1.54) is 22.2 Å². The molecule has 150 valence electrons. The number of ether oxygens (including phenoxy) is 1. The van der Waals surface area contributed by atoms with Gasteiger partial charge in [-0.05, 0) is 54.8 Å². The van der Waals surface area contributed by atoms with E-state index in [4.69, 9.17) is 4.74 Å². The lowest BCUT2D eigenvalue weighted by Gasteiger charge is -2.46. The molecule has 3 aromatic rings. The minimum absolute atomic E-state index is 0.197. The fourth-order valence-corrected chi connectivity index (χ4v) is 6.71. The maximum atomic E-state index is 13.4. The minimum atomic E-state index is 0.197. The van der Waals surface area contributed by atoms with Crippen LogP contribution < -0.4 is 5.56 Å². The second-order valence-corrected chi connectivity index (χ2v) is 9.92. The second kappa shape index (κ2) is 7.08. The van der Waals surface area contributed by atoms with Gasteiger partial charge in [0.25, 0.3) is 5.56 Å². The molecule has 0 spiro atoms. The Bertz CT molecular complexity index is 1080. The Morgan fingerprint density at radius 2 is 1.86 bits per heavy atom. The van der Waals surface area contributed by atoms with E-state index in [1.54, 1.807) is 11.3 Å². The van der Waals surface area contributed by atoms with Crippen molar-refractivity contribution in [3.05, 3.63) is 58.5 Å². The molecule has 4 nitrogen and oxygen atoms in total. The molecular weight excluding hydrogens is 380 g/mol. The van der Waals surface area contributed by atoms with Crippen molar-refractivity contribution in [2.75, 3.05) is 26.3 Å². The highest BCUT2D eigenvalue weighted by atomic mass is 32.1. The Labute approximate surface area is 174 Å². The summed E-state index contributed by atoms with van der Waals surface area (Å²) in [6.07, 6.45) is 3.52. The molecular formula is C24H26N2O2S. The summed E-state index contributed by atoms with van der Waals surface area (Å²) < 4.78 is 8.90. The zero-order valence-electron chi connectivity index (χ0n) is 16.5. The molecule has 2 aromatic heterocycles. The normalized spacial score (nSPS) is 25.2. The molecule has 6 rings (SSSR count). The van der Waals surface area contributed by atoms with Gasteiger partial charge in [-0.3, -0.25) is 9.69 Å². The van der Waals surface area contributed by atoms with Gasteiger partial charge in [0.05, 0.1) is 5.56 Å². The van der Waals surface area contributed by atoms with Crippen LogP contribution in [0, 0.1) is 5.92 Å². The van der Waals surface area contributed by atoms with Crippen LogP contribution in [-0.4, -0.2) is 41.8 Å². The van der Waals surface area contributed by atoms with E-state index in [0.717, 1.165) is 56.1 Å². The SMILES string of the molecule is O=c1c(-c2cc3ccccc3s2)ccc2n1C[C@@H]1C[C@@H]2CN(C2CCOCC2)C1. The molecule has 2 fully saturated rings. The van der Waals surface area contributed by atoms with Gasteiger partial charge in [-0.2, -0.15) is 0 Å². The van der Waals surface area contributed by atoms with Crippen LogP contribution in [0.3, 0.4) is 0 Å². The molecule has 2 bridgehead atoms. The van der Waals surface area contributed by atoms with Crippen molar-refractivity contribution in [2.45, 2.75) is 37.8 Å². The van der Waals surface area contributed by atoms with Gasteiger partial charge in [0, 0.05) is 60.1 Å². The minimum Gasteiger partial charge on any atom is -0.381 e. The highest BCUT2D eigenvalue weighted by Gasteiger charge is 2.37. The number of fused-ring (bicyclic) bond motifs is 5. The van der Waals surface area contributed by atoms with Crippen LogP contribution in [0.2, 0.25) is 0 Å². The Kier molecular flexibility index (Phi) is 4.36. The predicted octanol–water partition coefficient (Wildman–Crippen LogP) is 4.33. The van der Waals surface area contributed by atoms with Crippen molar-refractivity contribution in [1.29, 1.82) is 0 Å². The molecule has 0 aliphatic carbocycles. The Morgan fingerprint density at radius 3 is 2.72 bits per heavy atom. The largest absolute Gasteiger partial charge is 0.381 e. The molecule has 3 aliphatic heterocycles. The lowest BCUT2D eigenvalue weighted by atomic mass is 9.82. The van der Waals surface area contributed by atoms with Crippen molar-refractivity contribution in [2.24, 2.45) is 5.92 Å². The van der Waals surface area contributed by atoms with E-state index in [9.17, 15) is 4.79 Å². The van der Waals surface area contributed by atoms with Gasteiger partial charge < -0.3 is 9.30 Å². The van der Waals surface area contributed by atoms with Crippen LogP contribution in [-0.2, 0) is 11.3 Å². The van der Waals surface area contributed by atoms with Crippen LogP contribution in [0.25, 0.3) is 20.5 Å². The summed E-state index contributed by atoms with van der Waals surface area (Å²) in [6.45, 7) is 4.86. The number of rotatable bonds is 2. The number of hydrogen-bond donors (Lipinski definition) is 0. The highest BCUT2D eigenvalue weighted by molar-refractivity contribution is 7.22. The van der Waals surface area contributed by atoms with E-state index < -0.39 is 0 Å². The summed E-state index contributed by atoms with van der Waals surface area (Å²) in [5, 5.41) is 1.22. The number of hydrogen-bond acceptors (Lipinski definition) is 4. The number of thiophene rings is 1. The summed E-state index contributed by atoms with van der Waals surface area (Å²) >= 11 is 1.72. The van der Waals surface area contributed by atoms with Gasteiger partial charge in [0.2, 0.25) is 0 Å². The Hall–Kier alpha value is -1.95. The predicted molar refractivity (Wildman–Crippen MR) is 118 cm³/mol. The highest BCUT2D eigenvalue weighted by Crippen LogP contribution is 2.38. The first kappa shape index (κ1) is 17.9. The molecule has 29 heavy (non-hydrogen) atoms. The summed E-state index contributed by atoms with van der Waals surface area (Å²) in [5.74, 6) is 1.06. The zero-order chi connectivity index (χ0) is 19.4. The number of benzene rings is 1. The number of pyridine rings is 1. The third-order valence-electron chi connectivity index (χ3n) is 7.03. The van der Waals surface area contributed by atoms with Crippen LogP contribution in [0.1, 0.15) is 30.9 Å². The third kappa shape index (κ3) is 3.07. The van der Waals surface area contributed by atoms with Gasteiger partial charge >= 0.3 is 0 Å². The summed E-state index contributed by atoms with van der Waals surface area (Å²) in [4.78, 5) is 17.2. The van der Waals surface area contributed by atoms with Crippen LogP contribution in [0.4, 0.5) is 0 Å². The first-order valence-electron chi connectivity index (χ1n) is 10.8. The molecule has 0 N–H and O–H groups in total. The van der Waals surface area contributed by atoms with Crippen molar-refractivity contribution in [3.8, 4) is 10.4 Å². The third-order valence-corrected chi connectivity index (χ3v) is 8.18. The Balaban J connectivity index is 1.34. The van der Waals surface area contributed by atoms with E-state index in [2.05, 4.69) is 51.9 Å². The van der Waals surface area contributed by atoms with Gasteiger partial charge in [-0.25, -0.2) is 0 Å². The smallest absolute Gasteiger partial charge is 0.259 e. The summed E-state index contributed by atoms with van der Waals surface area (Å²) in [6, 6.07) is 15.5. The summed E-state index contributed by atoms with van der Waals surface area (Å²) in [5.41, 5.74) is 2.30. The maximum absolute atomic E-state index is 13.4. The van der Waals surface area contributed by atoms with Crippen LogP contribution in [0.15, 0.2) is 47.3 Å². The number of likely N-dealkylation sites (tertiary alicyclic amines) is 1. The van der Waals surface area contributed by atoms with E-state index in [-0.39, 0.29) is 5.56 Å². The maximum Gasteiger partial charge on any atom is 0.259 e. The fourth-order valence-electron chi connectivity index (χ4n) is 5.63. The number of piperidine rings is 1. The lowest BCUT2D eigenvalue weighted by Crippen LogP contribution is -2.51. The number of nitrogens with zero attached hydrogens (tertiary/aromatic N) is 2. The van der Waals surface area contributed by atoms with Gasteiger partial charge in [-0.1, -0.05) is 18.2 Å². The number of aromatic nitrogens is 1. The van der Waals surface area contributed by atoms with Crippen molar-refractivity contribution in [1.82, 2.24) is 9.47 Å². The first-order chi connectivity index (χ1) is 14.3. The second-order valence-electron chi connectivity index (χ2n) is 8.83. The zero-order valence-corrected chi connectivity index (χ0v) is 17.4. The first-order valence-corrected chi connectivity index (χ1v) is 11.6. The van der Waals surface area contributed by atoms with Crippen LogP contribution >= 0.6 is 11.3 Å². The molecule has 0 amide bonds. The molecule has 2 saturated heterocycles. The molecule has 0 saturated carbocycles. The fraction of sp³-hybridized carbons (Fsp3) is 0.458. The Morgan fingerprint density at radius 1 is 1.00 bits per heavy atom. The monoisotopic (exact) mass is 406 g/mol. The molecule has 3 aliphatic rings. The van der Waals surface area contributed by atoms with Crippen molar-refractivity contribution < 1.29 is 4.74 Å². The lowest BCUT2D eigenvalue weighted by molar-refractivity contribution is 0.00589. The standard InChI is InChI=1S/C24H26N2O2S/c27-24-20(23-12-17-3-1-2-4-22(17)29-23)5-6-21-18-11-16(14-26(21)24)13-25(15-18)19-7-9-28-10-8-19/h1-6,12,16,18-19H,7-11,13-15H2/t16-,18-/m1/s1. The summed E-state index contributed by atoms with van der Waals surface area (Å²) in [7, 11) is 0. The topological polar surface area (TPSA) is 34.5 Å². The average Bonchev–Trinajstić information content (AvgIpc) is 3.19. The van der Waals surface area contributed by atoms with E-state index in [1.807, 2.05) is 0 Å². The molecule has 5 heterocycles. The molecule has 5 heteroatoms. The quantitative estimate of drug-likeness (QED) is 0.635. The molecule has 2 atom stereocenters. The van der Waals surface area contributed by atoms with Gasteiger partial charge in [-0.15, -0.1) is 11.3 Å². The average molecular weight is 407 g/mol. The molecule has 1 aromatic carbocycles. The molecule has 0 unspecified atom stereocenters.